The molecule has 5 rings (SSSR count). The maximum absolute atomic E-state index is 9.55. The van der Waals surface area contributed by atoms with Gasteiger partial charge in [0.05, 0.1) is 27.4 Å². The molecular formula is C23H13N3S. The van der Waals surface area contributed by atoms with Gasteiger partial charge in [-0.2, -0.15) is 5.26 Å². The van der Waals surface area contributed by atoms with Crippen LogP contribution in [0.2, 0.25) is 0 Å². The van der Waals surface area contributed by atoms with Crippen LogP contribution in [0.15, 0.2) is 79.0 Å². The molecule has 27 heavy (non-hydrogen) atoms. The first-order chi connectivity index (χ1) is 13.3. The number of thiazole rings is 1. The molecule has 0 saturated carbocycles. The summed E-state index contributed by atoms with van der Waals surface area (Å²) in [5.41, 5.74) is 5.49. The molecule has 3 aromatic carbocycles. The number of fused-ring (bicyclic) bond motifs is 2. The molecule has 5 aromatic rings. The van der Waals surface area contributed by atoms with E-state index in [1.54, 1.807) is 17.5 Å². The Kier molecular flexibility index (Phi) is 3.67. The number of nitrogens with zero attached hydrogens (tertiary/aromatic N) is 3. The number of hydrogen-bond acceptors (Lipinski definition) is 4. The fourth-order valence-corrected chi connectivity index (χ4v) is 4.26. The lowest BCUT2D eigenvalue weighted by atomic mass is 9.98. The molecule has 0 fully saturated rings. The number of hydrogen-bond donors (Lipinski definition) is 0. The average Bonchev–Trinajstić information content (AvgIpc) is 3.17. The van der Waals surface area contributed by atoms with E-state index in [1.807, 2.05) is 48.5 Å². The van der Waals surface area contributed by atoms with E-state index < -0.39 is 0 Å². The van der Waals surface area contributed by atoms with E-state index in [0.29, 0.717) is 5.56 Å². The van der Waals surface area contributed by atoms with Crippen LogP contribution in [0.5, 0.6) is 0 Å². The molecule has 4 heteroatoms. The van der Waals surface area contributed by atoms with Gasteiger partial charge >= 0.3 is 0 Å². The van der Waals surface area contributed by atoms with Crippen LogP contribution in [0.3, 0.4) is 0 Å². The summed E-state index contributed by atoms with van der Waals surface area (Å²) in [5.74, 6) is 0. The topological polar surface area (TPSA) is 49.6 Å². The number of benzene rings is 3. The molecule has 0 atom stereocenters. The molecule has 2 aromatic heterocycles. The number of para-hydroxylation sites is 2. The van der Waals surface area contributed by atoms with E-state index in [1.165, 1.54) is 0 Å². The van der Waals surface area contributed by atoms with E-state index in [9.17, 15) is 5.26 Å². The Morgan fingerprint density at radius 2 is 1.70 bits per heavy atom. The summed E-state index contributed by atoms with van der Waals surface area (Å²) in [6.07, 6.45) is 1.80. The van der Waals surface area contributed by atoms with E-state index in [4.69, 9.17) is 4.98 Å². The first-order valence-electron chi connectivity index (χ1n) is 8.57. The van der Waals surface area contributed by atoms with Crippen molar-refractivity contribution in [3.05, 3.63) is 84.6 Å². The average molecular weight is 363 g/mol. The number of aromatic nitrogens is 2. The van der Waals surface area contributed by atoms with Crippen molar-refractivity contribution in [2.45, 2.75) is 0 Å². The van der Waals surface area contributed by atoms with Crippen molar-refractivity contribution in [2.24, 2.45) is 0 Å². The summed E-state index contributed by atoms with van der Waals surface area (Å²) in [4.78, 5) is 9.30. The number of rotatable bonds is 2. The third kappa shape index (κ3) is 2.75. The standard InChI is InChI=1S/C23H13N3S/c24-14-15-11-17(19-7-3-5-16-6-4-10-25-22(16)19)13-18(12-15)23-26-20-8-1-2-9-21(20)27-23/h1-13H. The van der Waals surface area contributed by atoms with Crippen LogP contribution in [0.25, 0.3) is 42.8 Å². The molecular weight excluding hydrogens is 350 g/mol. The predicted molar refractivity (Wildman–Crippen MR) is 111 cm³/mol. The second kappa shape index (κ2) is 6.31. The van der Waals surface area contributed by atoms with Crippen molar-refractivity contribution in [1.82, 2.24) is 9.97 Å². The zero-order chi connectivity index (χ0) is 18.2. The molecule has 0 N–H and O–H groups in total. The molecule has 0 unspecified atom stereocenters. The molecule has 0 bridgehead atoms. The monoisotopic (exact) mass is 363 g/mol. The minimum absolute atomic E-state index is 0.620. The fourth-order valence-electron chi connectivity index (χ4n) is 3.30. The van der Waals surface area contributed by atoms with Crippen molar-refractivity contribution in [1.29, 1.82) is 5.26 Å². The van der Waals surface area contributed by atoms with Gasteiger partial charge in [0.15, 0.2) is 0 Å². The van der Waals surface area contributed by atoms with E-state index in [0.717, 1.165) is 42.8 Å². The summed E-state index contributed by atoms with van der Waals surface area (Å²) in [7, 11) is 0. The highest BCUT2D eigenvalue weighted by Gasteiger charge is 2.11. The van der Waals surface area contributed by atoms with E-state index in [-0.39, 0.29) is 0 Å². The highest BCUT2D eigenvalue weighted by molar-refractivity contribution is 7.21. The van der Waals surface area contributed by atoms with Crippen LogP contribution in [0.4, 0.5) is 0 Å². The third-order valence-corrected chi connectivity index (χ3v) is 5.63. The van der Waals surface area contributed by atoms with Crippen molar-refractivity contribution >= 4 is 32.5 Å². The van der Waals surface area contributed by atoms with Crippen molar-refractivity contribution in [3.63, 3.8) is 0 Å². The molecule has 2 heterocycles. The first-order valence-corrected chi connectivity index (χ1v) is 9.39. The van der Waals surface area contributed by atoms with Gasteiger partial charge in [-0.05, 0) is 42.0 Å². The summed E-state index contributed by atoms with van der Waals surface area (Å²) < 4.78 is 1.14. The molecule has 0 spiro atoms. The third-order valence-electron chi connectivity index (χ3n) is 4.55. The first kappa shape index (κ1) is 15.7. The Hall–Kier alpha value is -3.55. The number of nitriles is 1. The van der Waals surface area contributed by atoms with Crippen LogP contribution in [-0.4, -0.2) is 9.97 Å². The van der Waals surface area contributed by atoms with E-state index >= 15 is 0 Å². The normalized spacial score (nSPS) is 10.9. The molecule has 0 aliphatic heterocycles. The summed E-state index contributed by atoms with van der Waals surface area (Å²) in [6, 6.07) is 26.4. The second-order valence-electron chi connectivity index (χ2n) is 6.28. The largest absolute Gasteiger partial charge is 0.256 e. The number of pyridine rings is 1. The molecule has 0 radical (unpaired) electrons. The van der Waals surface area contributed by atoms with Gasteiger partial charge < -0.3 is 0 Å². The molecule has 0 saturated heterocycles. The van der Waals surface area contributed by atoms with Gasteiger partial charge in [0, 0.05) is 22.7 Å². The SMILES string of the molecule is N#Cc1cc(-c2nc3ccccc3s2)cc(-c2cccc3cccnc23)c1. The molecule has 0 aliphatic rings. The lowest BCUT2D eigenvalue weighted by Gasteiger charge is -2.08. The summed E-state index contributed by atoms with van der Waals surface area (Å²) >= 11 is 1.64. The molecule has 126 valence electrons. The Bertz CT molecular complexity index is 1310. The maximum atomic E-state index is 9.55. The minimum Gasteiger partial charge on any atom is -0.256 e. The smallest absolute Gasteiger partial charge is 0.124 e. The summed E-state index contributed by atoms with van der Waals surface area (Å²) in [5, 5.41) is 11.6. The van der Waals surface area contributed by atoms with Gasteiger partial charge in [-0.15, -0.1) is 11.3 Å². The van der Waals surface area contributed by atoms with Gasteiger partial charge in [-0.25, -0.2) is 4.98 Å². The van der Waals surface area contributed by atoms with Crippen LogP contribution in [-0.2, 0) is 0 Å². The Morgan fingerprint density at radius 3 is 2.59 bits per heavy atom. The lowest BCUT2D eigenvalue weighted by Crippen LogP contribution is -1.88. The zero-order valence-electron chi connectivity index (χ0n) is 14.3. The van der Waals surface area contributed by atoms with Gasteiger partial charge in [0.25, 0.3) is 0 Å². The summed E-state index contributed by atoms with van der Waals surface area (Å²) in [6.45, 7) is 0. The Morgan fingerprint density at radius 1 is 0.852 bits per heavy atom. The van der Waals surface area contributed by atoms with E-state index in [2.05, 4.69) is 35.3 Å². The predicted octanol–water partition coefficient (Wildman–Crippen LogP) is 6.05. The Balaban J connectivity index is 1.74. The van der Waals surface area contributed by atoms with Crippen LogP contribution < -0.4 is 0 Å². The van der Waals surface area contributed by atoms with Gasteiger partial charge in [-0.3, -0.25) is 4.98 Å². The molecule has 0 aliphatic carbocycles. The van der Waals surface area contributed by atoms with Crippen LogP contribution in [0.1, 0.15) is 5.56 Å². The molecule has 3 nitrogen and oxygen atoms in total. The van der Waals surface area contributed by atoms with Crippen molar-refractivity contribution < 1.29 is 0 Å². The quantitative estimate of drug-likeness (QED) is 0.383. The van der Waals surface area contributed by atoms with Gasteiger partial charge in [-0.1, -0.05) is 36.4 Å². The lowest BCUT2D eigenvalue weighted by molar-refractivity contribution is 1.41. The van der Waals surface area contributed by atoms with Crippen molar-refractivity contribution in [2.75, 3.05) is 0 Å². The fraction of sp³-hybridized carbons (Fsp3) is 0. The highest BCUT2D eigenvalue weighted by atomic mass is 32.1. The van der Waals surface area contributed by atoms with Crippen LogP contribution >= 0.6 is 11.3 Å². The van der Waals surface area contributed by atoms with Gasteiger partial charge in [0.2, 0.25) is 0 Å². The van der Waals surface area contributed by atoms with Crippen LogP contribution in [0, 0.1) is 11.3 Å². The van der Waals surface area contributed by atoms with Crippen molar-refractivity contribution in [3.8, 4) is 27.8 Å². The maximum Gasteiger partial charge on any atom is 0.124 e. The highest BCUT2D eigenvalue weighted by Crippen LogP contribution is 2.35. The van der Waals surface area contributed by atoms with Gasteiger partial charge in [0.1, 0.15) is 5.01 Å². The Labute approximate surface area is 160 Å². The molecule has 0 amide bonds. The minimum atomic E-state index is 0.620. The zero-order valence-corrected chi connectivity index (χ0v) is 15.1. The second-order valence-corrected chi connectivity index (χ2v) is 7.31.